The fraction of sp³-hybridized carbons (Fsp3) is 1.00. The highest BCUT2D eigenvalue weighted by Crippen LogP contribution is 2.59. The highest BCUT2D eigenvalue weighted by atomic mass is 16.8. The van der Waals surface area contributed by atoms with Crippen molar-refractivity contribution < 1.29 is 9.47 Å². The van der Waals surface area contributed by atoms with E-state index in [9.17, 15) is 0 Å². The predicted octanol–water partition coefficient (Wildman–Crippen LogP) is 2.72. The summed E-state index contributed by atoms with van der Waals surface area (Å²) in [7, 11) is 0. The first-order valence-corrected chi connectivity index (χ1v) is 5.17. The third-order valence-electron chi connectivity index (χ3n) is 3.93. The molecule has 0 N–H and O–H groups in total. The van der Waals surface area contributed by atoms with Crippen molar-refractivity contribution >= 4 is 0 Å². The molecule has 13 heavy (non-hydrogen) atoms. The first-order chi connectivity index (χ1) is 5.79. The molecule has 2 rings (SSSR count). The van der Waals surface area contributed by atoms with Gasteiger partial charge in [0, 0.05) is 5.41 Å². The summed E-state index contributed by atoms with van der Waals surface area (Å²) in [5, 5.41) is 0. The molecule has 2 heteroatoms. The molecule has 2 unspecified atom stereocenters. The molecule has 0 bridgehead atoms. The Morgan fingerprint density at radius 3 is 1.92 bits per heavy atom. The second-order valence-electron chi connectivity index (χ2n) is 5.47. The molecule has 2 aliphatic rings. The highest BCUT2D eigenvalue weighted by molar-refractivity contribution is 5.04. The molecule has 0 radical (unpaired) electrons. The fourth-order valence-corrected chi connectivity index (χ4v) is 2.00. The van der Waals surface area contributed by atoms with E-state index in [2.05, 4.69) is 34.6 Å². The Balaban J connectivity index is 2.20. The average molecular weight is 184 g/mol. The van der Waals surface area contributed by atoms with E-state index in [0.717, 1.165) is 0 Å². The first kappa shape index (κ1) is 9.47. The lowest BCUT2D eigenvalue weighted by Gasteiger charge is -2.31. The van der Waals surface area contributed by atoms with Crippen molar-refractivity contribution in [3.05, 3.63) is 0 Å². The van der Waals surface area contributed by atoms with E-state index in [1.165, 1.54) is 12.8 Å². The van der Waals surface area contributed by atoms with Gasteiger partial charge in [-0.05, 0) is 40.5 Å². The van der Waals surface area contributed by atoms with Crippen LogP contribution in [0.15, 0.2) is 0 Å². The van der Waals surface area contributed by atoms with E-state index in [1.807, 2.05) is 0 Å². The lowest BCUT2D eigenvalue weighted by atomic mass is 9.99. The van der Waals surface area contributed by atoms with E-state index in [-0.39, 0.29) is 22.9 Å². The summed E-state index contributed by atoms with van der Waals surface area (Å²) in [6.45, 7) is 10.6. The molecule has 1 aliphatic carbocycles. The van der Waals surface area contributed by atoms with Crippen LogP contribution in [0, 0.1) is 5.41 Å². The smallest absolute Gasteiger partial charge is 0.172 e. The minimum Gasteiger partial charge on any atom is -0.344 e. The van der Waals surface area contributed by atoms with Gasteiger partial charge in [0.15, 0.2) is 5.79 Å². The lowest BCUT2D eigenvalue weighted by molar-refractivity contribution is -0.212. The van der Waals surface area contributed by atoms with E-state index in [0.29, 0.717) is 0 Å². The summed E-state index contributed by atoms with van der Waals surface area (Å²) in [5.74, 6) is -0.351. The van der Waals surface area contributed by atoms with Crippen molar-refractivity contribution in [3.63, 3.8) is 0 Å². The summed E-state index contributed by atoms with van der Waals surface area (Å²) in [4.78, 5) is 0. The molecule has 1 saturated carbocycles. The SMILES string of the molecule is CC1OC(C)(C2(C)CC2)OC1(C)C. The Morgan fingerprint density at radius 2 is 1.62 bits per heavy atom. The summed E-state index contributed by atoms with van der Waals surface area (Å²) in [6.07, 6.45) is 2.65. The van der Waals surface area contributed by atoms with Gasteiger partial charge in [0.05, 0.1) is 11.7 Å². The molecule has 76 valence electrons. The zero-order chi connectivity index (χ0) is 9.91. The topological polar surface area (TPSA) is 18.5 Å². The van der Waals surface area contributed by atoms with Crippen LogP contribution in [0.3, 0.4) is 0 Å². The first-order valence-electron chi connectivity index (χ1n) is 5.17. The van der Waals surface area contributed by atoms with Gasteiger partial charge in [-0.2, -0.15) is 0 Å². The number of hydrogen-bond acceptors (Lipinski definition) is 2. The summed E-state index contributed by atoms with van der Waals surface area (Å²) in [6, 6.07) is 0. The van der Waals surface area contributed by atoms with Gasteiger partial charge in [-0.3, -0.25) is 0 Å². The third kappa shape index (κ3) is 1.23. The number of ether oxygens (including phenoxy) is 2. The molecule has 0 amide bonds. The second-order valence-corrected chi connectivity index (χ2v) is 5.47. The molecule has 0 aromatic heterocycles. The van der Waals surface area contributed by atoms with Crippen LogP contribution in [0.25, 0.3) is 0 Å². The minimum absolute atomic E-state index is 0.139. The van der Waals surface area contributed by atoms with E-state index in [1.54, 1.807) is 0 Å². The Morgan fingerprint density at radius 1 is 1.08 bits per heavy atom. The van der Waals surface area contributed by atoms with Crippen LogP contribution in [-0.4, -0.2) is 17.5 Å². The van der Waals surface area contributed by atoms with Gasteiger partial charge in [0.2, 0.25) is 0 Å². The highest BCUT2D eigenvalue weighted by Gasteiger charge is 2.62. The van der Waals surface area contributed by atoms with Gasteiger partial charge < -0.3 is 9.47 Å². The van der Waals surface area contributed by atoms with E-state index >= 15 is 0 Å². The van der Waals surface area contributed by atoms with E-state index < -0.39 is 0 Å². The van der Waals surface area contributed by atoms with Crippen molar-refractivity contribution in [2.75, 3.05) is 0 Å². The van der Waals surface area contributed by atoms with Crippen molar-refractivity contribution in [2.24, 2.45) is 5.41 Å². The van der Waals surface area contributed by atoms with Crippen LogP contribution in [0.4, 0.5) is 0 Å². The van der Waals surface area contributed by atoms with Gasteiger partial charge in [0.25, 0.3) is 0 Å². The largest absolute Gasteiger partial charge is 0.344 e. The third-order valence-corrected chi connectivity index (χ3v) is 3.93. The minimum atomic E-state index is -0.351. The van der Waals surface area contributed by atoms with Crippen LogP contribution in [-0.2, 0) is 9.47 Å². The monoisotopic (exact) mass is 184 g/mol. The molecule has 1 aliphatic heterocycles. The van der Waals surface area contributed by atoms with Crippen molar-refractivity contribution in [1.29, 1.82) is 0 Å². The standard InChI is InChI=1S/C11H20O2/c1-8-9(2,3)13-11(5,12-8)10(4)6-7-10/h8H,6-7H2,1-5H3. The molecule has 2 nitrogen and oxygen atoms in total. The Bertz CT molecular complexity index is 230. The average Bonchev–Trinajstić information content (AvgIpc) is 2.62. The van der Waals surface area contributed by atoms with Crippen LogP contribution in [0.1, 0.15) is 47.5 Å². The summed E-state index contributed by atoms with van der Waals surface area (Å²) in [5.41, 5.74) is 0.120. The molecule has 0 aromatic carbocycles. The fourth-order valence-electron chi connectivity index (χ4n) is 2.00. The van der Waals surface area contributed by atoms with Gasteiger partial charge in [-0.25, -0.2) is 0 Å². The number of hydrogen-bond donors (Lipinski definition) is 0. The maximum absolute atomic E-state index is 6.05. The number of rotatable bonds is 1. The summed E-state index contributed by atoms with van der Waals surface area (Å²) < 4.78 is 12.0. The van der Waals surface area contributed by atoms with Crippen LogP contribution < -0.4 is 0 Å². The quantitative estimate of drug-likeness (QED) is 0.624. The molecule has 2 fully saturated rings. The second kappa shape index (κ2) is 2.29. The molecule has 1 heterocycles. The molecule has 0 aromatic rings. The Hall–Kier alpha value is -0.0800. The normalized spacial score (nSPS) is 46.4. The van der Waals surface area contributed by atoms with Crippen molar-refractivity contribution in [1.82, 2.24) is 0 Å². The maximum atomic E-state index is 6.05. The molecular weight excluding hydrogens is 164 g/mol. The maximum Gasteiger partial charge on any atom is 0.172 e. The van der Waals surface area contributed by atoms with Crippen molar-refractivity contribution in [2.45, 2.75) is 65.0 Å². The van der Waals surface area contributed by atoms with Crippen LogP contribution >= 0.6 is 0 Å². The van der Waals surface area contributed by atoms with Gasteiger partial charge in [-0.1, -0.05) is 6.92 Å². The van der Waals surface area contributed by atoms with Gasteiger partial charge in [-0.15, -0.1) is 0 Å². The predicted molar refractivity (Wildman–Crippen MR) is 51.5 cm³/mol. The Labute approximate surface area is 80.6 Å². The Kier molecular flexibility index (Phi) is 1.67. The summed E-state index contributed by atoms with van der Waals surface area (Å²) >= 11 is 0. The zero-order valence-electron chi connectivity index (χ0n) is 9.31. The van der Waals surface area contributed by atoms with Crippen LogP contribution in [0.5, 0.6) is 0 Å². The lowest BCUT2D eigenvalue weighted by Crippen LogP contribution is -2.38. The van der Waals surface area contributed by atoms with Crippen molar-refractivity contribution in [3.8, 4) is 0 Å². The molecule has 0 spiro atoms. The zero-order valence-corrected chi connectivity index (χ0v) is 9.31. The molecule has 2 atom stereocenters. The van der Waals surface area contributed by atoms with Gasteiger partial charge >= 0.3 is 0 Å². The van der Waals surface area contributed by atoms with E-state index in [4.69, 9.17) is 9.47 Å². The van der Waals surface area contributed by atoms with Gasteiger partial charge in [0.1, 0.15) is 0 Å². The molecular formula is C11H20O2. The molecule has 1 saturated heterocycles. The van der Waals surface area contributed by atoms with Crippen LogP contribution in [0.2, 0.25) is 0 Å².